The summed E-state index contributed by atoms with van der Waals surface area (Å²) in [4.78, 5) is 45.3. The molecule has 1 aliphatic heterocycles. The highest BCUT2D eigenvalue weighted by atomic mass is 16.7. The maximum absolute atomic E-state index is 11.5. The van der Waals surface area contributed by atoms with Crippen LogP contribution in [0.25, 0.3) is 0 Å². The van der Waals surface area contributed by atoms with Crippen molar-refractivity contribution in [1.82, 2.24) is 0 Å². The summed E-state index contributed by atoms with van der Waals surface area (Å²) in [7, 11) is 0. The van der Waals surface area contributed by atoms with Crippen molar-refractivity contribution in [3.63, 3.8) is 0 Å². The fourth-order valence-electron chi connectivity index (χ4n) is 2.46. The first-order valence-electron chi connectivity index (χ1n) is 7.57. The summed E-state index contributed by atoms with van der Waals surface area (Å²) in [5.41, 5.74) is 0. The van der Waals surface area contributed by atoms with E-state index in [1.807, 2.05) is 0 Å². The molecule has 1 N–H and O–H groups in total. The SMILES string of the molecule is CC(=O)OC[C@H]1O[C@@H](CO)[C@H](OC(C)=O)[C@@H](OC(C)=O)[C@@H]1OC(C)=O. The fraction of sp³-hybridized carbons (Fsp3) is 0.733. The minimum absolute atomic E-state index is 0.311. The van der Waals surface area contributed by atoms with Crippen molar-refractivity contribution in [2.24, 2.45) is 0 Å². The average molecular weight is 362 g/mol. The van der Waals surface area contributed by atoms with Crippen LogP contribution in [0.4, 0.5) is 0 Å². The van der Waals surface area contributed by atoms with Gasteiger partial charge in [0.2, 0.25) is 0 Å². The lowest BCUT2D eigenvalue weighted by Gasteiger charge is -2.43. The van der Waals surface area contributed by atoms with Gasteiger partial charge in [-0.25, -0.2) is 0 Å². The molecule has 1 rings (SSSR count). The van der Waals surface area contributed by atoms with Gasteiger partial charge in [0.05, 0.1) is 6.61 Å². The normalized spacial score (nSPS) is 28.6. The van der Waals surface area contributed by atoms with Crippen molar-refractivity contribution in [3.8, 4) is 0 Å². The smallest absolute Gasteiger partial charge is 0.303 e. The van der Waals surface area contributed by atoms with Crippen LogP contribution >= 0.6 is 0 Å². The first-order chi connectivity index (χ1) is 11.6. The van der Waals surface area contributed by atoms with Crippen molar-refractivity contribution < 1.29 is 48.0 Å². The second kappa shape index (κ2) is 9.33. The highest BCUT2D eigenvalue weighted by Crippen LogP contribution is 2.29. The van der Waals surface area contributed by atoms with Crippen LogP contribution in [0, 0.1) is 0 Å². The first kappa shape index (κ1) is 20.8. The van der Waals surface area contributed by atoms with E-state index < -0.39 is 61.0 Å². The lowest BCUT2D eigenvalue weighted by atomic mass is 9.94. The number of hydrogen-bond donors (Lipinski definition) is 1. The molecule has 5 atom stereocenters. The Balaban J connectivity index is 3.18. The molecule has 1 saturated heterocycles. The van der Waals surface area contributed by atoms with E-state index >= 15 is 0 Å². The van der Waals surface area contributed by atoms with E-state index in [0.717, 1.165) is 20.8 Å². The molecule has 10 nitrogen and oxygen atoms in total. The molecule has 1 aliphatic rings. The van der Waals surface area contributed by atoms with E-state index in [9.17, 15) is 24.3 Å². The third-order valence-corrected chi connectivity index (χ3v) is 3.27. The van der Waals surface area contributed by atoms with E-state index in [0.29, 0.717) is 0 Å². The van der Waals surface area contributed by atoms with Crippen LogP contribution in [-0.4, -0.2) is 72.7 Å². The first-order valence-corrected chi connectivity index (χ1v) is 7.57. The van der Waals surface area contributed by atoms with E-state index in [1.54, 1.807) is 0 Å². The number of carbonyl (C=O) groups excluding carboxylic acids is 4. The Labute approximate surface area is 144 Å². The highest BCUT2D eigenvalue weighted by molar-refractivity contribution is 5.68. The van der Waals surface area contributed by atoms with Gasteiger partial charge in [0, 0.05) is 27.7 Å². The van der Waals surface area contributed by atoms with Gasteiger partial charge < -0.3 is 28.8 Å². The monoisotopic (exact) mass is 362 g/mol. The summed E-state index contributed by atoms with van der Waals surface area (Å²) in [5.74, 6) is -2.73. The highest BCUT2D eigenvalue weighted by Gasteiger charge is 2.51. The third-order valence-electron chi connectivity index (χ3n) is 3.27. The Morgan fingerprint density at radius 2 is 1.20 bits per heavy atom. The Morgan fingerprint density at radius 1 is 0.760 bits per heavy atom. The minimum atomic E-state index is -1.24. The molecule has 1 fully saturated rings. The molecule has 0 spiro atoms. The molecule has 25 heavy (non-hydrogen) atoms. The molecule has 0 aromatic rings. The van der Waals surface area contributed by atoms with Crippen LogP contribution in [0.2, 0.25) is 0 Å². The van der Waals surface area contributed by atoms with Gasteiger partial charge in [0.1, 0.15) is 18.8 Å². The van der Waals surface area contributed by atoms with Crippen molar-refractivity contribution in [2.75, 3.05) is 13.2 Å². The summed E-state index contributed by atoms with van der Waals surface area (Å²) in [5, 5.41) is 9.52. The van der Waals surface area contributed by atoms with Crippen LogP contribution in [0.3, 0.4) is 0 Å². The number of aliphatic hydroxyl groups is 1. The van der Waals surface area contributed by atoms with Crippen LogP contribution < -0.4 is 0 Å². The van der Waals surface area contributed by atoms with Crippen molar-refractivity contribution in [2.45, 2.75) is 58.2 Å². The predicted octanol–water partition coefficient (Wildman–Crippen LogP) is -0.896. The van der Waals surface area contributed by atoms with Crippen LogP contribution in [0.15, 0.2) is 0 Å². The maximum atomic E-state index is 11.5. The van der Waals surface area contributed by atoms with Gasteiger partial charge in [-0.1, -0.05) is 0 Å². The lowest BCUT2D eigenvalue weighted by molar-refractivity contribution is -0.256. The van der Waals surface area contributed by atoms with Gasteiger partial charge in [-0.05, 0) is 0 Å². The summed E-state index contributed by atoms with van der Waals surface area (Å²) >= 11 is 0. The Bertz CT molecular complexity index is 516. The Morgan fingerprint density at radius 3 is 1.60 bits per heavy atom. The molecule has 0 bridgehead atoms. The van der Waals surface area contributed by atoms with Crippen molar-refractivity contribution >= 4 is 23.9 Å². The zero-order chi connectivity index (χ0) is 19.1. The standard InChI is InChI=1S/C15H22O10/c1-7(17)21-6-12-14(23-9(3)19)15(24-10(4)20)13(22-8(2)18)11(5-16)25-12/h11-16H,5-6H2,1-4H3/t11-,12+,13-,14+,15+/m0/s1. The Hall–Kier alpha value is -2.20. The number of esters is 4. The number of ether oxygens (including phenoxy) is 5. The molecular formula is C15H22O10. The molecule has 0 unspecified atom stereocenters. The van der Waals surface area contributed by atoms with Gasteiger partial charge in [-0.3, -0.25) is 19.2 Å². The van der Waals surface area contributed by atoms with Crippen LogP contribution in [0.1, 0.15) is 27.7 Å². The lowest BCUT2D eigenvalue weighted by Crippen LogP contribution is -2.63. The molecule has 0 aromatic heterocycles. The summed E-state index contributed by atoms with van der Waals surface area (Å²) in [6, 6.07) is 0. The molecule has 142 valence electrons. The molecule has 0 saturated carbocycles. The van der Waals surface area contributed by atoms with Gasteiger partial charge >= 0.3 is 23.9 Å². The number of carbonyl (C=O) groups is 4. The van der Waals surface area contributed by atoms with Gasteiger partial charge in [-0.15, -0.1) is 0 Å². The third kappa shape index (κ3) is 6.31. The van der Waals surface area contributed by atoms with E-state index in [2.05, 4.69) is 0 Å². The number of rotatable bonds is 6. The van der Waals surface area contributed by atoms with Crippen molar-refractivity contribution in [1.29, 1.82) is 0 Å². The molecule has 0 aromatic carbocycles. The molecule has 0 radical (unpaired) electrons. The quantitative estimate of drug-likeness (QED) is 0.468. The summed E-state index contributed by atoms with van der Waals surface area (Å²) in [6.07, 6.45) is -5.74. The van der Waals surface area contributed by atoms with E-state index in [-0.39, 0.29) is 6.61 Å². The van der Waals surface area contributed by atoms with Gasteiger partial charge in [0.25, 0.3) is 0 Å². The molecule has 0 amide bonds. The number of aliphatic hydroxyl groups excluding tert-OH is 1. The van der Waals surface area contributed by atoms with Crippen molar-refractivity contribution in [3.05, 3.63) is 0 Å². The molecule has 1 heterocycles. The Kier molecular flexibility index (Phi) is 7.78. The topological polar surface area (TPSA) is 135 Å². The molecule has 10 heteroatoms. The maximum Gasteiger partial charge on any atom is 0.303 e. The second-order valence-electron chi connectivity index (χ2n) is 5.42. The van der Waals surface area contributed by atoms with Gasteiger partial charge in [0.15, 0.2) is 18.3 Å². The second-order valence-corrected chi connectivity index (χ2v) is 5.42. The van der Waals surface area contributed by atoms with Crippen LogP contribution in [0.5, 0.6) is 0 Å². The zero-order valence-electron chi connectivity index (χ0n) is 14.4. The van der Waals surface area contributed by atoms with E-state index in [1.165, 1.54) is 6.92 Å². The summed E-state index contributed by atoms with van der Waals surface area (Å²) in [6.45, 7) is 3.68. The largest absolute Gasteiger partial charge is 0.463 e. The van der Waals surface area contributed by atoms with Crippen LogP contribution in [-0.2, 0) is 42.9 Å². The van der Waals surface area contributed by atoms with E-state index in [4.69, 9.17) is 23.7 Å². The minimum Gasteiger partial charge on any atom is -0.463 e. The molecule has 0 aliphatic carbocycles. The average Bonchev–Trinajstić information content (AvgIpc) is 2.48. The number of hydrogen-bond acceptors (Lipinski definition) is 10. The molecular weight excluding hydrogens is 340 g/mol. The van der Waals surface area contributed by atoms with Gasteiger partial charge in [-0.2, -0.15) is 0 Å². The fourth-order valence-corrected chi connectivity index (χ4v) is 2.46. The predicted molar refractivity (Wildman–Crippen MR) is 79.0 cm³/mol. The summed E-state index contributed by atoms with van der Waals surface area (Å²) < 4.78 is 25.8. The zero-order valence-corrected chi connectivity index (χ0v) is 14.4.